The number of carbonyl (C=O) groups excluding carboxylic acids is 1. The van der Waals surface area contributed by atoms with Crippen molar-refractivity contribution >= 4 is 39.9 Å². The minimum Gasteiger partial charge on any atom is -0.504 e. The molecule has 0 radical (unpaired) electrons. The highest BCUT2D eigenvalue weighted by molar-refractivity contribution is 6.07. The molecule has 6 rings (SSSR count). The first kappa shape index (κ1) is 30.9. The quantitative estimate of drug-likeness (QED) is 0.105. The highest BCUT2D eigenvalue weighted by atomic mass is 16.5. The van der Waals surface area contributed by atoms with E-state index in [4.69, 9.17) is 14.6 Å². The van der Waals surface area contributed by atoms with Crippen molar-refractivity contribution in [1.82, 2.24) is 19.7 Å². The summed E-state index contributed by atoms with van der Waals surface area (Å²) >= 11 is 0. The summed E-state index contributed by atoms with van der Waals surface area (Å²) in [4.78, 5) is 22.1. The Morgan fingerprint density at radius 2 is 1.72 bits per heavy atom. The van der Waals surface area contributed by atoms with E-state index in [1.807, 2.05) is 61.5 Å². The molecule has 0 spiro atoms. The van der Waals surface area contributed by atoms with Crippen LogP contribution in [-0.2, 0) is 6.42 Å². The number of hydrogen-bond donors (Lipinski definition) is 4. The predicted molar refractivity (Wildman–Crippen MR) is 184 cm³/mol. The van der Waals surface area contributed by atoms with Crippen LogP contribution in [0.4, 0.5) is 27.9 Å². The maximum absolute atomic E-state index is 13.4. The number of unbranched alkanes of at least 4 members (excludes halogenated alkanes) is 1. The third-order valence-electron chi connectivity index (χ3n) is 7.48. The molecule has 2 amide bonds. The van der Waals surface area contributed by atoms with Gasteiger partial charge in [-0.25, -0.2) is 14.5 Å². The van der Waals surface area contributed by atoms with Crippen LogP contribution in [0.15, 0.2) is 97.2 Å². The molecule has 0 atom stereocenters. The molecule has 0 saturated heterocycles. The van der Waals surface area contributed by atoms with Crippen LogP contribution in [0.3, 0.4) is 0 Å². The Morgan fingerprint density at radius 3 is 2.51 bits per heavy atom. The Balaban J connectivity index is 1.21. The van der Waals surface area contributed by atoms with Gasteiger partial charge in [0.25, 0.3) is 0 Å². The Hall–Kier alpha value is -6.10. The number of benzene rings is 4. The molecule has 11 heteroatoms. The third kappa shape index (κ3) is 7.25. The lowest BCUT2D eigenvalue weighted by Crippen LogP contribution is -2.21. The van der Waals surface area contributed by atoms with E-state index in [0.717, 1.165) is 47.0 Å². The van der Waals surface area contributed by atoms with Crippen molar-refractivity contribution in [2.24, 2.45) is 0 Å². The Bertz CT molecular complexity index is 2030. The SMILES string of the molecule is CCCCc1cc(NC(=O)Nc2ccc(Oc3ccnc(Nc4ccc(O)c(OC)c4)n3)c3ccccc23)n(-c2ccc(C)cc2)n1. The molecule has 0 unspecified atom stereocenters. The number of aromatic hydroxyl groups is 1. The first-order valence-electron chi connectivity index (χ1n) is 15.3. The summed E-state index contributed by atoms with van der Waals surface area (Å²) in [6, 6.07) is 27.3. The molecule has 2 heterocycles. The molecule has 0 saturated carbocycles. The van der Waals surface area contributed by atoms with Gasteiger partial charge >= 0.3 is 6.03 Å². The molecule has 0 aliphatic rings. The van der Waals surface area contributed by atoms with Crippen molar-refractivity contribution in [2.45, 2.75) is 33.1 Å². The molecule has 238 valence electrons. The number of fused-ring (bicyclic) bond motifs is 1. The number of ether oxygens (including phenoxy) is 2. The molecule has 0 fully saturated rings. The maximum atomic E-state index is 13.4. The van der Waals surface area contributed by atoms with E-state index in [2.05, 4.69) is 32.8 Å². The number of urea groups is 1. The molecule has 2 aromatic heterocycles. The summed E-state index contributed by atoms with van der Waals surface area (Å²) in [5.41, 5.74) is 4.18. The second-order valence-electron chi connectivity index (χ2n) is 10.9. The lowest BCUT2D eigenvalue weighted by atomic mass is 10.1. The maximum Gasteiger partial charge on any atom is 0.324 e. The van der Waals surface area contributed by atoms with E-state index < -0.39 is 6.03 Å². The number of amides is 2. The number of rotatable bonds is 11. The van der Waals surface area contributed by atoms with E-state index in [1.54, 1.807) is 41.2 Å². The molecular formula is C36H35N7O4. The second-order valence-corrected chi connectivity index (χ2v) is 10.9. The predicted octanol–water partition coefficient (Wildman–Crippen LogP) is 8.36. The van der Waals surface area contributed by atoms with Gasteiger partial charge in [-0.1, -0.05) is 55.3 Å². The first-order chi connectivity index (χ1) is 22.9. The van der Waals surface area contributed by atoms with Gasteiger partial charge in [0.05, 0.1) is 24.2 Å². The average Bonchev–Trinajstić information content (AvgIpc) is 3.48. The molecule has 47 heavy (non-hydrogen) atoms. The van der Waals surface area contributed by atoms with Gasteiger partial charge in [-0.05, 0) is 56.2 Å². The summed E-state index contributed by atoms with van der Waals surface area (Å²) in [5, 5.41) is 25.3. The Kier molecular flexibility index (Phi) is 9.14. The summed E-state index contributed by atoms with van der Waals surface area (Å²) in [7, 11) is 1.48. The van der Waals surface area contributed by atoms with Crippen LogP contribution in [0.1, 0.15) is 31.0 Å². The number of methoxy groups -OCH3 is 1. The largest absolute Gasteiger partial charge is 0.504 e. The van der Waals surface area contributed by atoms with E-state index in [1.165, 1.54) is 13.2 Å². The minimum atomic E-state index is -0.392. The zero-order valence-electron chi connectivity index (χ0n) is 26.3. The van der Waals surface area contributed by atoms with Gasteiger partial charge in [-0.15, -0.1) is 0 Å². The summed E-state index contributed by atoms with van der Waals surface area (Å²) in [6.07, 6.45) is 4.47. The summed E-state index contributed by atoms with van der Waals surface area (Å²) in [5.74, 6) is 2.12. The normalized spacial score (nSPS) is 10.9. The van der Waals surface area contributed by atoms with Crippen molar-refractivity contribution in [3.05, 3.63) is 108 Å². The fraction of sp³-hybridized carbons (Fsp3) is 0.167. The third-order valence-corrected chi connectivity index (χ3v) is 7.48. The van der Waals surface area contributed by atoms with Crippen molar-refractivity contribution in [3.63, 3.8) is 0 Å². The molecule has 6 aromatic rings. The zero-order valence-corrected chi connectivity index (χ0v) is 26.3. The molecule has 11 nitrogen and oxygen atoms in total. The van der Waals surface area contributed by atoms with Crippen molar-refractivity contribution in [1.29, 1.82) is 0 Å². The van der Waals surface area contributed by atoms with E-state index in [0.29, 0.717) is 40.5 Å². The minimum absolute atomic E-state index is 0.0313. The van der Waals surface area contributed by atoms with Crippen LogP contribution in [0.25, 0.3) is 16.5 Å². The van der Waals surface area contributed by atoms with Crippen LogP contribution in [0, 0.1) is 6.92 Å². The Morgan fingerprint density at radius 1 is 0.915 bits per heavy atom. The lowest BCUT2D eigenvalue weighted by Gasteiger charge is -2.14. The topological polar surface area (TPSA) is 135 Å². The van der Waals surface area contributed by atoms with Gasteiger partial charge in [-0.2, -0.15) is 10.1 Å². The number of nitrogens with one attached hydrogen (secondary N) is 3. The second kappa shape index (κ2) is 13.9. The smallest absolute Gasteiger partial charge is 0.324 e. The van der Waals surface area contributed by atoms with Crippen LogP contribution in [0.2, 0.25) is 0 Å². The number of aromatic nitrogens is 4. The van der Waals surface area contributed by atoms with E-state index in [-0.39, 0.29) is 5.75 Å². The van der Waals surface area contributed by atoms with Gasteiger partial charge in [0.1, 0.15) is 11.6 Å². The fourth-order valence-electron chi connectivity index (χ4n) is 5.08. The standard InChI is InChI=1S/C36H35N7O4/c1-4-5-8-25-22-33(43(42-25)26-14-11-23(2)12-15-26)40-36(45)39-29-16-18-31(28-10-7-6-9-27(28)29)47-34-19-20-37-35(41-34)38-24-13-17-30(44)32(21-24)46-3/h6-7,9-22,44H,4-5,8H2,1-3H3,(H,37,38,41)(H2,39,40,45). The highest BCUT2D eigenvalue weighted by Crippen LogP contribution is 2.35. The van der Waals surface area contributed by atoms with Gasteiger partial charge in [0.15, 0.2) is 11.5 Å². The van der Waals surface area contributed by atoms with Crippen molar-refractivity contribution in [3.8, 4) is 28.8 Å². The van der Waals surface area contributed by atoms with Crippen LogP contribution in [-0.4, -0.2) is 38.0 Å². The monoisotopic (exact) mass is 629 g/mol. The number of aryl methyl sites for hydroxylation is 2. The van der Waals surface area contributed by atoms with E-state index in [9.17, 15) is 9.90 Å². The zero-order chi connectivity index (χ0) is 32.8. The average molecular weight is 630 g/mol. The molecule has 0 aliphatic heterocycles. The van der Waals surface area contributed by atoms with Crippen LogP contribution >= 0.6 is 0 Å². The summed E-state index contributed by atoms with van der Waals surface area (Å²) in [6.45, 7) is 4.18. The van der Waals surface area contributed by atoms with Gasteiger partial charge in [-0.3, -0.25) is 5.32 Å². The van der Waals surface area contributed by atoms with E-state index >= 15 is 0 Å². The number of phenolic OH excluding ortho intramolecular Hbond substituents is 1. The van der Waals surface area contributed by atoms with Gasteiger partial charge in [0, 0.05) is 40.9 Å². The molecule has 0 bridgehead atoms. The van der Waals surface area contributed by atoms with Gasteiger partial charge in [0.2, 0.25) is 11.8 Å². The summed E-state index contributed by atoms with van der Waals surface area (Å²) < 4.78 is 13.1. The number of anilines is 4. The van der Waals surface area contributed by atoms with Crippen molar-refractivity contribution in [2.75, 3.05) is 23.1 Å². The molecule has 4 aromatic carbocycles. The highest BCUT2D eigenvalue weighted by Gasteiger charge is 2.15. The van der Waals surface area contributed by atoms with Crippen LogP contribution < -0.4 is 25.4 Å². The van der Waals surface area contributed by atoms with Crippen LogP contribution in [0.5, 0.6) is 23.1 Å². The van der Waals surface area contributed by atoms with Crippen molar-refractivity contribution < 1.29 is 19.4 Å². The van der Waals surface area contributed by atoms with Gasteiger partial charge < -0.3 is 25.2 Å². The first-order valence-corrected chi connectivity index (χ1v) is 15.3. The Labute approximate surface area is 272 Å². The number of nitrogens with zero attached hydrogens (tertiary/aromatic N) is 4. The number of phenols is 1. The number of hydrogen-bond acceptors (Lipinski definition) is 8. The molecular weight excluding hydrogens is 594 g/mol. The fourth-order valence-corrected chi connectivity index (χ4v) is 5.08. The molecule has 0 aliphatic carbocycles. The lowest BCUT2D eigenvalue weighted by molar-refractivity contribution is 0.262. The molecule has 4 N–H and O–H groups in total. The number of carbonyl (C=O) groups is 1.